The van der Waals surface area contributed by atoms with Crippen molar-refractivity contribution in [2.24, 2.45) is 5.92 Å². The highest BCUT2D eigenvalue weighted by Crippen LogP contribution is 2.31. The molecule has 0 saturated heterocycles. The van der Waals surface area contributed by atoms with Gasteiger partial charge in [0, 0.05) is 11.1 Å². The van der Waals surface area contributed by atoms with Gasteiger partial charge in [-0.05, 0) is 30.5 Å². The number of hydrogen-bond donors (Lipinski definition) is 2. The normalized spacial score (nSPS) is 16.9. The molecule has 1 aliphatic carbocycles. The van der Waals surface area contributed by atoms with E-state index in [4.69, 9.17) is 4.74 Å². The zero-order chi connectivity index (χ0) is 14.2. The molecule has 5 nitrogen and oxygen atoms in total. The molecule has 2 N–H and O–H groups in total. The Bertz CT molecular complexity index is 531. The molecule has 0 aliphatic heterocycles. The van der Waals surface area contributed by atoms with Gasteiger partial charge in [0.1, 0.15) is 5.75 Å². The summed E-state index contributed by atoms with van der Waals surface area (Å²) in [7, 11) is 0. The third-order valence-electron chi connectivity index (χ3n) is 3.08. The molecular weight excluding hydrogens is 248 g/mol. The van der Waals surface area contributed by atoms with Crippen LogP contribution >= 0.6 is 0 Å². The van der Waals surface area contributed by atoms with Gasteiger partial charge in [0.2, 0.25) is 11.6 Å². The van der Waals surface area contributed by atoms with Gasteiger partial charge < -0.3 is 14.9 Å². The molecule has 0 atom stereocenters. The highest BCUT2D eigenvalue weighted by molar-refractivity contribution is 6.30. The zero-order valence-corrected chi connectivity index (χ0v) is 10.8. The number of fused-ring (bicyclic) bond motifs is 1. The van der Waals surface area contributed by atoms with Crippen LogP contribution in [-0.2, 0) is 0 Å². The highest BCUT2D eigenvalue weighted by atomic mass is 16.5. The number of Topliss-reactive ketones (excluding diaryl/α,β-unsaturated/α-hetero) is 2. The van der Waals surface area contributed by atoms with E-state index >= 15 is 0 Å². The van der Waals surface area contributed by atoms with Gasteiger partial charge in [0.05, 0.1) is 6.61 Å². The lowest BCUT2D eigenvalue weighted by molar-refractivity contribution is -0.0857. The van der Waals surface area contributed by atoms with Crippen molar-refractivity contribution < 1.29 is 24.5 Å². The van der Waals surface area contributed by atoms with E-state index in [9.17, 15) is 19.8 Å². The third-order valence-corrected chi connectivity index (χ3v) is 3.08. The Morgan fingerprint density at radius 3 is 2.42 bits per heavy atom. The predicted molar refractivity (Wildman–Crippen MR) is 67.2 cm³/mol. The second-order valence-corrected chi connectivity index (χ2v) is 5.07. The van der Waals surface area contributed by atoms with E-state index in [0.717, 1.165) is 6.42 Å². The van der Waals surface area contributed by atoms with Crippen molar-refractivity contribution in [3.8, 4) is 5.75 Å². The second kappa shape index (κ2) is 4.75. The number of carbonyl (C=O) groups excluding carboxylic acids is 2. The second-order valence-electron chi connectivity index (χ2n) is 5.07. The Morgan fingerprint density at radius 2 is 1.79 bits per heavy atom. The van der Waals surface area contributed by atoms with Crippen molar-refractivity contribution in [1.82, 2.24) is 0 Å². The Labute approximate surface area is 110 Å². The molecule has 1 aromatic carbocycles. The lowest BCUT2D eigenvalue weighted by atomic mass is 10.1. The first-order chi connectivity index (χ1) is 8.84. The smallest absolute Gasteiger partial charge is 0.295 e. The maximum absolute atomic E-state index is 11.7. The molecule has 102 valence electrons. The van der Waals surface area contributed by atoms with Crippen LogP contribution in [0.5, 0.6) is 5.75 Å². The van der Waals surface area contributed by atoms with Crippen LogP contribution in [0.2, 0.25) is 0 Å². The molecule has 0 heterocycles. The van der Waals surface area contributed by atoms with E-state index in [1.807, 2.05) is 0 Å². The molecule has 2 rings (SSSR count). The topological polar surface area (TPSA) is 83.8 Å². The van der Waals surface area contributed by atoms with Crippen LogP contribution < -0.4 is 4.74 Å². The molecule has 1 aromatic rings. The quantitative estimate of drug-likeness (QED) is 0.630. The minimum atomic E-state index is -2.93. The molecule has 0 amide bonds. The van der Waals surface area contributed by atoms with Crippen molar-refractivity contribution in [2.45, 2.75) is 26.1 Å². The van der Waals surface area contributed by atoms with Gasteiger partial charge in [-0.25, -0.2) is 0 Å². The molecule has 0 saturated carbocycles. The summed E-state index contributed by atoms with van der Waals surface area (Å²) in [6.07, 6.45) is 0.869. The van der Waals surface area contributed by atoms with Crippen LogP contribution in [0.1, 0.15) is 41.0 Å². The molecule has 0 unspecified atom stereocenters. The fraction of sp³-hybridized carbons (Fsp3) is 0.429. The number of hydrogen-bond acceptors (Lipinski definition) is 5. The standard InChI is InChI=1S/C14H16O5/c1-8(2)5-6-19-9-3-4-10-11(7-9)13(16)14(17,18)12(10)15/h3-4,7-8,17-18H,5-6H2,1-2H3. The van der Waals surface area contributed by atoms with Gasteiger partial charge in [0.25, 0.3) is 5.79 Å². The summed E-state index contributed by atoms with van der Waals surface area (Å²) >= 11 is 0. The molecule has 0 aromatic heterocycles. The van der Waals surface area contributed by atoms with E-state index in [-0.39, 0.29) is 11.1 Å². The summed E-state index contributed by atoms with van der Waals surface area (Å²) in [5.74, 6) is -3.97. The SMILES string of the molecule is CC(C)CCOc1ccc2c(c1)C(=O)C(O)(O)C2=O. The fourth-order valence-corrected chi connectivity index (χ4v) is 1.89. The number of rotatable bonds is 4. The first kappa shape index (κ1) is 13.7. The first-order valence-corrected chi connectivity index (χ1v) is 6.15. The van der Waals surface area contributed by atoms with E-state index in [1.54, 1.807) is 6.07 Å². The van der Waals surface area contributed by atoms with Crippen LogP contribution in [0.4, 0.5) is 0 Å². The summed E-state index contributed by atoms with van der Waals surface area (Å²) in [4.78, 5) is 23.3. The lowest BCUT2D eigenvalue weighted by Gasteiger charge is -2.09. The predicted octanol–water partition coefficient (Wildman–Crippen LogP) is 1.17. The summed E-state index contributed by atoms with van der Waals surface area (Å²) in [5.41, 5.74) is 0.0169. The maximum atomic E-state index is 11.7. The summed E-state index contributed by atoms with van der Waals surface area (Å²) in [6.45, 7) is 4.64. The molecule has 0 spiro atoms. The number of benzene rings is 1. The number of ketones is 2. The molecule has 0 fully saturated rings. The summed E-state index contributed by atoms with van der Waals surface area (Å²) in [6, 6.07) is 4.31. The van der Waals surface area contributed by atoms with Crippen LogP contribution in [0.3, 0.4) is 0 Å². The minimum absolute atomic E-state index is 0.00273. The van der Waals surface area contributed by atoms with E-state index in [0.29, 0.717) is 18.3 Å². The van der Waals surface area contributed by atoms with Crippen LogP contribution in [0.15, 0.2) is 18.2 Å². The maximum Gasteiger partial charge on any atom is 0.295 e. The van der Waals surface area contributed by atoms with Gasteiger partial charge in [-0.1, -0.05) is 13.8 Å². The number of aliphatic hydroxyl groups is 2. The Balaban J connectivity index is 2.20. The molecule has 19 heavy (non-hydrogen) atoms. The van der Waals surface area contributed by atoms with Crippen LogP contribution in [0.25, 0.3) is 0 Å². The van der Waals surface area contributed by atoms with Crippen molar-refractivity contribution >= 4 is 11.6 Å². The van der Waals surface area contributed by atoms with Crippen molar-refractivity contribution in [1.29, 1.82) is 0 Å². The van der Waals surface area contributed by atoms with Crippen LogP contribution in [-0.4, -0.2) is 34.2 Å². The highest BCUT2D eigenvalue weighted by Gasteiger charge is 2.50. The summed E-state index contributed by atoms with van der Waals surface area (Å²) in [5, 5.41) is 18.8. The molecule has 0 bridgehead atoms. The summed E-state index contributed by atoms with van der Waals surface area (Å²) < 4.78 is 5.47. The Hall–Kier alpha value is -1.72. The fourth-order valence-electron chi connectivity index (χ4n) is 1.89. The monoisotopic (exact) mass is 264 g/mol. The van der Waals surface area contributed by atoms with Crippen molar-refractivity contribution in [3.05, 3.63) is 29.3 Å². The Kier molecular flexibility index (Phi) is 3.43. The van der Waals surface area contributed by atoms with Crippen molar-refractivity contribution in [2.75, 3.05) is 6.61 Å². The van der Waals surface area contributed by atoms with Gasteiger partial charge >= 0.3 is 0 Å². The average molecular weight is 264 g/mol. The van der Waals surface area contributed by atoms with Crippen molar-refractivity contribution in [3.63, 3.8) is 0 Å². The lowest BCUT2D eigenvalue weighted by Crippen LogP contribution is -2.40. The number of ether oxygens (including phenoxy) is 1. The van der Waals surface area contributed by atoms with E-state index in [1.165, 1.54) is 12.1 Å². The zero-order valence-electron chi connectivity index (χ0n) is 10.8. The minimum Gasteiger partial charge on any atom is -0.494 e. The van der Waals surface area contributed by atoms with E-state index < -0.39 is 17.4 Å². The van der Waals surface area contributed by atoms with Gasteiger partial charge in [-0.3, -0.25) is 9.59 Å². The average Bonchev–Trinajstić information content (AvgIpc) is 2.51. The first-order valence-electron chi connectivity index (χ1n) is 6.15. The Morgan fingerprint density at radius 1 is 1.16 bits per heavy atom. The third kappa shape index (κ3) is 2.39. The van der Waals surface area contributed by atoms with Gasteiger partial charge in [0.15, 0.2) is 0 Å². The van der Waals surface area contributed by atoms with Gasteiger partial charge in [-0.15, -0.1) is 0 Å². The van der Waals surface area contributed by atoms with Crippen LogP contribution in [0, 0.1) is 5.92 Å². The molecule has 0 radical (unpaired) electrons. The largest absolute Gasteiger partial charge is 0.494 e. The molecule has 5 heteroatoms. The van der Waals surface area contributed by atoms with Gasteiger partial charge in [-0.2, -0.15) is 0 Å². The molecule has 1 aliphatic rings. The number of carbonyl (C=O) groups is 2. The molecular formula is C14H16O5. The van der Waals surface area contributed by atoms with E-state index in [2.05, 4.69) is 13.8 Å².